The molecule has 80 valence electrons. The summed E-state index contributed by atoms with van der Waals surface area (Å²) in [7, 11) is -1.03. The molecule has 1 atom stereocenters. The first-order valence-electron chi connectivity index (χ1n) is 5.36. The Labute approximate surface area is 93.0 Å². The highest BCUT2D eigenvalue weighted by Gasteiger charge is 2.20. The molecule has 1 aliphatic rings. The van der Waals surface area contributed by atoms with E-state index in [-0.39, 0.29) is 0 Å². The molecule has 2 nitrogen and oxygen atoms in total. The number of hydrogen-bond acceptors (Lipinski definition) is 1. The lowest BCUT2D eigenvalue weighted by molar-refractivity contribution is 0.671. The maximum Gasteiger partial charge on any atom is 0.142 e. The van der Waals surface area contributed by atoms with Crippen LogP contribution in [0.4, 0.5) is 0 Å². The highest BCUT2D eigenvalue weighted by molar-refractivity contribution is 7.84. The Morgan fingerprint density at radius 2 is 1.87 bits per heavy atom. The predicted molar refractivity (Wildman–Crippen MR) is 64.4 cm³/mol. The van der Waals surface area contributed by atoms with Gasteiger partial charge in [0.05, 0.1) is 5.25 Å². The third-order valence-corrected chi connectivity index (χ3v) is 4.05. The quantitative estimate of drug-likeness (QED) is 0.722. The summed E-state index contributed by atoms with van der Waals surface area (Å²) in [5.41, 5.74) is 1.02. The van der Waals surface area contributed by atoms with Gasteiger partial charge in [0, 0.05) is 6.21 Å². The number of hydrogen-bond donors (Lipinski definition) is 0. The summed E-state index contributed by atoms with van der Waals surface area (Å²) in [5, 5.41) is 0.296. The van der Waals surface area contributed by atoms with Crippen LogP contribution in [0.2, 0.25) is 0 Å². The monoisotopic (exact) mass is 221 g/mol. The van der Waals surface area contributed by atoms with Crippen LogP contribution in [0.5, 0.6) is 0 Å². The molecule has 0 saturated heterocycles. The SMILES string of the molecule is O=[S@@](/N=C/c1ccccc1)C1CCCC1. The Balaban J connectivity index is 1.96. The van der Waals surface area contributed by atoms with Crippen LogP contribution < -0.4 is 0 Å². The Morgan fingerprint density at radius 3 is 2.53 bits per heavy atom. The molecule has 0 amide bonds. The molecular weight excluding hydrogens is 206 g/mol. The van der Waals surface area contributed by atoms with Crippen LogP contribution in [0.25, 0.3) is 0 Å². The molecule has 1 fully saturated rings. The van der Waals surface area contributed by atoms with Crippen molar-refractivity contribution in [2.75, 3.05) is 0 Å². The van der Waals surface area contributed by atoms with E-state index in [0.717, 1.165) is 18.4 Å². The normalized spacial score (nSPS) is 19.7. The first-order chi connectivity index (χ1) is 7.36. The van der Waals surface area contributed by atoms with Gasteiger partial charge in [0.15, 0.2) is 0 Å². The van der Waals surface area contributed by atoms with Gasteiger partial charge in [-0.15, -0.1) is 0 Å². The minimum atomic E-state index is -1.03. The van der Waals surface area contributed by atoms with E-state index in [1.807, 2.05) is 30.3 Å². The maximum absolute atomic E-state index is 11.7. The molecule has 0 aliphatic heterocycles. The molecule has 0 N–H and O–H groups in total. The van der Waals surface area contributed by atoms with Crippen molar-refractivity contribution in [3.8, 4) is 0 Å². The van der Waals surface area contributed by atoms with Crippen molar-refractivity contribution < 1.29 is 4.21 Å². The van der Waals surface area contributed by atoms with Gasteiger partial charge in [-0.2, -0.15) is 4.40 Å². The van der Waals surface area contributed by atoms with Crippen LogP contribution in [0.3, 0.4) is 0 Å². The fraction of sp³-hybridized carbons (Fsp3) is 0.417. The van der Waals surface area contributed by atoms with E-state index in [1.165, 1.54) is 12.8 Å². The van der Waals surface area contributed by atoms with Crippen molar-refractivity contribution in [3.05, 3.63) is 35.9 Å². The molecule has 1 aromatic rings. The fourth-order valence-electron chi connectivity index (χ4n) is 1.83. The average molecular weight is 221 g/mol. The molecule has 0 aromatic heterocycles. The summed E-state index contributed by atoms with van der Waals surface area (Å²) in [6, 6.07) is 9.82. The van der Waals surface area contributed by atoms with E-state index in [4.69, 9.17) is 0 Å². The van der Waals surface area contributed by atoms with Crippen molar-refractivity contribution in [1.82, 2.24) is 0 Å². The van der Waals surface area contributed by atoms with Gasteiger partial charge in [-0.3, -0.25) is 0 Å². The molecular formula is C12H15NOS. The Hall–Kier alpha value is -0.960. The van der Waals surface area contributed by atoms with Gasteiger partial charge >= 0.3 is 0 Å². The lowest BCUT2D eigenvalue weighted by atomic mass is 10.2. The number of rotatable bonds is 3. The first-order valence-corrected chi connectivity index (χ1v) is 6.53. The van der Waals surface area contributed by atoms with Gasteiger partial charge in [-0.1, -0.05) is 43.2 Å². The Bertz CT molecular complexity index is 355. The summed E-state index contributed by atoms with van der Waals surface area (Å²) in [6.07, 6.45) is 6.26. The largest absolute Gasteiger partial charge is 0.235 e. The molecule has 3 heteroatoms. The van der Waals surface area contributed by atoms with Crippen LogP contribution in [0.15, 0.2) is 34.7 Å². The van der Waals surface area contributed by atoms with Gasteiger partial charge in [0.25, 0.3) is 0 Å². The molecule has 0 heterocycles. The number of benzene rings is 1. The van der Waals surface area contributed by atoms with Gasteiger partial charge in [-0.05, 0) is 18.4 Å². The molecule has 1 saturated carbocycles. The third kappa shape index (κ3) is 2.99. The topological polar surface area (TPSA) is 29.4 Å². The van der Waals surface area contributed by atoms with Crippen molar-refractivity contribution in [2.24, 2.45) is 4.40 Å². The zero-order valence-corrected chi connectivity index (χ0v) is 9.45. The van der Waals surface area contributed by atoms with Gasteiger partial charge in [0.2, 0.25) is 0 Å². The predicted octanol–water partition coefficient (Wildman–Crippen LogP) is 2.71. The molecule has 15 heavy (non-hydrogen) atoms. The van der Waals surface area contributed by atoms with Gasteiger partial charge in [-0.25, -0.2) is 4.21 Å². The van der Waals surface area contributed by atoms with Crippen LogP contribution in [-0.4, -0.2) is 15.7 Å². The standard InChI is InChI=1S/C12H15NOS/c14-15(12-8-4-5-9-12)13-10-11-6-2-1-3-7-11/h1-3,6-7,10,12H,4-5,8-9H2/b13-10+/t15-/m1/s1. The van der Waals surface area contributed by atoms with Gasteiger partial charge in [0.1, 0.15) is 11.0 Å². The molecule has 1 aliphatic carbocycles. The zero-order valence-electron chi connectivity index (χ0n) is 8.63. The molecule has 0 radical (unpaired) electrons. The summed E-state index contributed by atoms with van der Waals surface area (Å²) in [6.45, 7) is 0. The molecule has 0 spiro atoms. The second-order valence-electron chi connectivity index (χ2n) is 3.83. The second kappa shape index (κ2) is 5.21. The summed E-state index contributed by atoms with van der Waals surface area (Å²) in [5.74, 6) is 0. The van der Waals surface area contributed by atoms with Crippen LogP contribution >= 0.6 is 0 Å². The van der Waals surface area contributed by atoms with Crippen molar-refractivity contribution >= 4 is 17.2 Å². The maximum atomic E-state index is 11.7. The van der Waals surface area contributed by atoms with E-state index >= 15 is 0 Å². The third-order valence-electron chi connectivity index (χ3n) is 2.69. The molecule has 0 unspecified atom stereocenters. The van der Waals surface area contributed by atoms with Crippen LogP contribution in [-0.2, 0) is 11.0 Å². The van der Waals surface area contributed by atoms with Crippen molar-refractivity contribution in [1.29, 1.82) is 0 Å². The Morgan fingerprint density at radius 1 is 1.20 bits per heavy atom. The second-order valence-corrected chi connectivity index (χ2v) is 5.26. The van der Waals surface area contributed by atoms with E-state index in [0.29, 0.717) is 5.25 Å². The van der Waals surface area contributed by atoms with Crippen LogP contribution in [0.1, 0.15) is 31.2 Å². The lowest BCUT2D eigenvalue weighted by Gasteiger charge is -2.02. The van der Waals surface area contributed by atoms with E-state index in [9.17, 15) is 4.21 Å². The van der Waals surface area contributed by atoms with Crippen LogP contribution in [0, 0.1) is 0 Å². The first kappa shape index (κ1) is 10.6. The zero-order chi connectivity index (χ0) is 10.5. The van der Waals surface area contributed by atoms with Gasteiger partial charge < -0.3 is 0 Å². The van der Waals surface area contributed by atoms with Crippen molar-refractivity contribution in [2.45, 2.75) is 30.9 Å². The average Bonchev–Trinajstić information content (AvgIpc) is 2.81. The minimum Gasteiger partial charge on any atom is -0.235 e. The summed E-state index contributed by atoms with van der Waals surface area (Å²) >= 11 is 0. The summed E-state index contributed by atoms with van der Waals surface area (Å²) < 4.78 is 15.9. The van der Waals surface area contributed by atoms with Crippen molar-refractivity contribution in [3.63, 3.8) is 0 Å². The summed E-state index contributed by atoms with van der Waals surface area (Å²) in [4.78, 5) is 0. The number of nitrogens with zero attached hydrogens (tertiary/aromatic N) is 1. The van der Waals surface area contributed by atoms with E-state index in [1.54, 1.807) is 6.21 Å². The lowest BCUT2D eigenvalue weighted by Crippen LogP contribution is -2.07. The van der Waals surface area contributed by atoms with E-state index in [2.05, 4.69) is 4.40 Å². The minimum absolute atomic E-state index is 0.296. The smallest absolute Gasteiger partial charge is 0.142 e. The highest BCUT2D eigenvalue weighted by Crippen LogP contribution is 2.23. The molecule has 2 rings (SSSR count). The Kier molecular flexibility index (Phi) is 3.67. The van der Waals surface area contributed by atoms with E-state index < -0.39 is 11.0 Å². The molecule has 1 aromatic carbocycles. The fourth-order valence-corrected chi connectivity index (χ4v) is 2.96. The highest BCUT2D eigenvalue weighted by atomic mass is 32.2. The molecule has 0 bridgehead atoms.